The van der Waals surface area contributed by atoms with Crippen LogP contribution in [0.15, 0.2) is 23.4 Å². The van der Waals surface area contributed by atoms with E-state index < -0.39 is 6.04 Å². The van der Waals surface area contributed by atoms with Gasteiger partial charge < -0.3 is 15.5 Å². The standard InChI is InChI=1S/C14H19N3O2S/c1-3-19-13(18)10(15)6-7-20-14-16-11-5-4-9(2)8-12(11)17-14/h4-5,8,10H,3,6-7,15H2,1-2H3,(H,16,17). The minimum absolute atomic E-state index is 0.340. The highest BCUT2D eigenvalue weighted by atomic mass is 32.2. The number of nitrogens with one attached hydrogen (secondary N) is 1. The van der Waals surface area contributed by atoms with Gasteiger partial charge in [0.1, 0.15) is 6.04 Å². The predicted molar refractivity (Wildman–Crippen MR) is 80.8 cm³/mol. The van der Waals surface area contributed by atoms with Crippen LogP contribution in [0.1, 0.15) is 18.9 Å². The van der Waals surface area contributed by atoms with E-state index in [9.17, 15) is 4.79 Å². The number of hydrogen-bond donors (Lipinski definition) is 2. The summed E-state index contributed by atoms with van der Waals surface area (Å²) >= 11 is 1.56. The Morgan fingerprint density at radius 1 is 1.55 bits per heavy atom. The van der Waals surface area contributed by atoms with Crippen LogP contribution in [-0.2, 0) is 9.53 Å². The number of rotatable bonds is 6. The lowest BCUT2D eigenvalue weighted by atomic mass is 10.2. The highest BCUT2D eigenvalue weighted by molar-refractivity contribution is 7.99. The molecule has 0 aliphatic heterocycles. The van der Waals surface area contributed by atoms with Crippen molar-refractivity contribution in [1.29, 1.82) is 0 Å². The quantitative estimate of drug-likeness (QED) is 0.630. The lowest BCUT2D eigenvalue weighted by Crippen LogP contribution is -2.32. The van der Waals surface area contributed by atoms with Gasteiger partial charge in [0.15, 0.2) is 5.16 Å². The number of benzene rings is 1. The Kier molecular flexibility index (Phi) is 5.03. The summed E-state index contributed by atoms with van der Waals surface area (Å²) in [4.78, 5) is 19.1. The van der Waals surface area contributed by atoms with Crippen LogP contribution in [0.3, 0.4) is 0 Å². The van der Waals surface area contributed by atoms with Gasteiger partial charge in [0, 0.05) is 5.75 Å². The second-order valence-electron chi connectivity index (χ2n) is 4.56. The fourth-order valence-electron chi connectivity index (χ4n) is 1.82. The number of H-pyrrole nitrogens is 1. The second kappa shape index (κ2) is 6.76. The van der Waals surface area contributed by atoms with E-state index in [0.29, 0.717) is 13.0 Å². The summed E-state index contributed by atoms with van der Waals surface area (Å²) < 4.78 is 4.87. The maximum atomic E-state index is 11.4. The lowest BCUT2D eigenvalue weighted by Gasteiger charge is -2.09. The third kappa shape index (κ3) is 3.74. The van der Waals surface area contributed by atoms with E-state index in [1.807, 2.05) is 19.1 Å². The van der Waals surface area contributed by atoms with Gasteiger partial charge in [-0.25, -0.2) is 4.98 Å². The molecule has 1 atom stereocenters. The molecule has 2 aromatic rings. The molecule has 0 aliphatic rings. The van der Waals surface area contributed by atoms with Crippen LogP contribution in [0.2, 0.25) is 0 Å². The molecule has 5 nitrogen and oxygen atoms in total. The molecule has 1 heterocycles. The molecule has 0 amide bonds. The molecule has 0 radical (unpaired) electrons. The Bertz CT molecular complexity index is 597. The smallest absolute Gasteiger partial charge is 0.322 e. The first-order valence-electron chi connectivity index (χ1n) is 6.61. The van der Waals surface area contributed by atoms with Gasteiger partial charge in [0.05, 0.1) is 17.6 Å². The predicted octanol–water partition coefficient (Wildman–Crippen LogP) is 2.24. The van der Waals surface area contributed by atoms with Crippen LogP contribution in [0, 0.1) is 6.92 Å². The molecule has 20 heavy (non-hydrogen) atoms. The van der Waals surface area contributed by atoms with Crippen molar-refractivity contribution in [2.45, 2.75) is 31.5 Å². The van der Waals surface area contributed by atoms with E-state index in [4.69, 9.17) is 10.5 Å². The van der Waals surface area contributed by atoms with Crippen molar-refractivity contribution >= 4 is 28.8 Å². The van der Waals surface area contributed by atoms with Crippen LogP contribution in [-0.4, -0.2) is 34.3 Å². The van der Waals surface area contributed by atoms with E-state index in [2.05, 4.69) is 16.0 Å². The summed E-state index contributed by atoms with van der Waals surface area (Å²) in [5, 5.41) is 0.849. The van der Waals surface area contributed by atoms with E-state index in [1.165, 1.54) is 5.56 Å². The summed E-state index contributed by atoms with van der Waals surface area (Å²) in [6.07, 6.45) is 0.569. The molecule has 0 spiro atoms. The molecule has 0 bridgehead atoms. The zero-order chi connectivity index (χ0) is 14.5. The van der Waals surface area contributed by atoms with Crippen molar-refractivity contribution in [3.8, 4) is 0 Å². The highest BCUT2D eigenvalue weighted by Gasteiger charge is 2.14. The average molecular weight is 293 g/mol. The van der Waals surface area contributed by atoms with E-state index in [1.54, 1.807) is 18.7 Å². The second-order valence-corrected chi connectivity index (χ2v) is 5.64. The molecule has 0 saturated heterocycles. The monoisotopic (exact) mass is 293 g/mol. The number of esters is 1. The Morgan fingerprint density at radius 2 is 2.35 bits per heavy atom. The minimum Gasteiger partial charge on any atom is -0.465 e. The molecule has 3 N–H and O–H groups in total. The Hall–Kier alpha value is -1.53. The number of thioether (sulfide) groups is 1. The minimum atomic E-state index is -0.561. The maximum absolute atomic E-state index is 11.4. The molecule has 6 heteroatoms. The van der Waals surface area contributed by atoms with Crippen LogP contribution < -0.4 is 5.73 Å². The van der Waals surface area contributed by atoms with Crippen LogP contribution in [0.4, 0.5) is 0 Å². The van der Waals surface area contributed by atoms with Gasteiger partial charge in [-0.3, -0.25) is 4.79 Å². The van der Waals surface area contributed by atoms with Gasteiger partial charge in [-0.05, 0) is 38.0 Å². The first kappa shape index (κ1) is 14.9. The first-order valence-corrected chi connectivity index (χ1v) is 7.60. The zero-order valence-corrected chi connectivity index (χ0v) is 12.5. The Balaban J connectivity index is 1.88. The number of nitrogens with zero attached hydrogens (tertiary/aromatic N) is 1. The molecule has 2 rings (SSSR count). The molecule has 1 aromatic heterocycles. The molecule has 108 valence electrons. The van der Waals surface area contributed by atoms with Gasteiger partial charge >= 0.3 is 5.97 Å². The number of ether oxygens (including phenoxy) is 1. The van der Waals surface area contributed by atoms with Crippen molar-refractivity contribution in [3.05, 3.63) is 23.8 Å². The van der Waals surface area contributed by atoms with Gasteiger partial charge in [-0.2, -0.15) is 0 Å². The van der Waals surface area contributed by atoms with Crippen molar-refractivity contribution in [2.24, 2.45) is 5.73 Å². The molecule has 1 unspecified atom stereocenters. The van der Waals surface area contributed by atoms with Gasteiger partial charge in [0.25, 0.3) is 0 Å². The number of nitrogens with two attached hydrogens (primary N) is 1. The highest BCUT2D eigenvalue weighted by Crippen LogP contribution is 2.21. The molecular weight excluding hydrogens is 274 g/mol. The summed E-state index contributed by atoms with van der Waals surface area (Å²) in [5.41, 5.74) is 8.92. The van der Waals surface area contributed by atoms with E-state index >= 15 is 0 Å². The molecular formula is C14H19N3O2S. The fraction of sp³-hybridized carbons (Fsp3) is 0.429. The largest absolute Gasteiger partial charge is 0.465 e. The van der Waals surface area contributed by atoms with Crippen molar-refractivity contribution in [2.75, 3.05) is 12.4 Å². The Morgan fingerprint density at radius 3 is 3.10 bits per heavy atom. The topological polar surface area (TPSA) is 81.0 Å². The number of imidazole rings is 1. The normalized spacial score (nSPS) is 12.6. The van der Waals surface area contributed by atoms with Crippen LogP contribution >= 0.6 is 11.8 Å². The first-order chi connectivity index (χ1) is 9.60. The number of fused-ring (bicyclic) bond motifs is 1. The van der Waals surface area contributed by atoms with Crippen molar-refractivity contribution in [1.82, 2.24) is 9.97 Å². The SMILES string of the molecule is CCOC(=O)C(N)CCSc1nc2ccc(C)cc2[nH]1. The Labute approximate surface area is 122 Å². The summed E-state index contributed by atoms with van der Waals surface area (Å²) in [5.74, 6) is 0.382. The average Bonchev–Trinajstić information content (AvgIpc) is 2.80. The molecule has 0 aliphatic carbocycles. The van der Waals surface area contributed by atoms with E-state index in [-0.39, 0.29) is 5.97 Å². The third-order valence-corrected chi connectivity index (χ3v) is 3.78. The molecule has 1 aromatic carbocycles. The zero-order valence-electron chi connectivity index (χ0n) is 11.7. The number of carbonyl (C=O) groups is 1. The van der Waals surface area contributed by atoms with Crippen molar-refractivity contribution in [3.63, 3.8) is 0 Å². The number of aryl methyl sites for hydroxylation is 1. The van der Waals surface area contributed by atoms with Crippen LogP contribution in [0.5, 0.6) is 0 Å². The molecule has 0 fully saturated rings. The van der Waals surface area contributed by atoms with Gasteiger partial charge in [-0.1, -0.05) is 17.8 Å². The van der Waals surface area contributed by atoms with Crippen LogP contribution in [0.25, 0.3) is 11.0 Å². The molecule has 0 saturated carbocycles. The number of hydrogen-bond acceptors (Lipinski definition) is 5. The van der Waals surface area contributed by atoms with E-state index in [0.717, 1.165) is 21.9 Å². The number of aromatic amines is 1. The maximum Gasteiger partial charge on any atom is 0.322 e. The number of carbonyl (C=O) groups excluding carboxylic acids is 1. The number of aromatic nitrogens is 2. The van der Waals surface area contributed by atoms with Gasteiger partial charge in [-0.15, -0.1) is 0 Å². The summed E-state index contributed by atoms with van der Waals surface area (Å²) in [6.45, 7) is 4.18. The fourth-order valence-corrected chi connectivity index (χ4v) is 2.73. The summed E-state index contributed by atoms with van der Waals surface area (Å²) in [7, 11) is 0. The third-order valence-electron chi connectivity index (χ3n) is 2.87. The summed E-state index contributed by atoms with van der Waals surface area (Å²) in [6, 6.07) is 5.54. The lowest BCUT2D eigenvalue weighted by molar-refractivity contribution is -0.144. The van der Waals surface area contributed by atoms with Gasteiger partial charge in [0.2, 0.25) is 0 Å². The van der Waals surface area contributed by atoms with Crippen molar-refractivity contribution < 1.29 is 9.53 Å².